The van der Waals surface area contributed by atoms with Crippen molar-refractivity contribution in [1.82, 2.24) is 5.32 Å². The highest BCUT2D eigenvalue weighted by molar-refractivity contribution is 5.54. The molecule has 1 heterocycles. The monoisotopic (exact) mass is 315 g/mol. The van der Waals surface area contributed by atoms with Crippen LogP contribution in [0.25, 0.3) is 0 Å². The standard InChI is InChI=1S/C18H21NO4/c1-21-12-4-5-13(15(20)9-12)18-14-10-17(23-3)16(22-2)8-11(14)6-7-19-18/h4-5,8-10,18-20H,6-7H2,1-3H3. The number of ether oxygens (including phenoxy) is 3. The molecule has 0 aromatic heterocycles. The van der Waals surface area contributed by atoms with Gasteiger partial charge in [0.05, 0.1) is 27.4 Å². The van der Waals surface area contributed by atoms with E-state index in [1.54, 1.807) is 27.4 Å². The van der Waals surface area contributed by atoms with Gasteiger partial charge in [0, 0.05) is 18.2 Å². The Morgan fingerprint density at radius 3 is 2.35 bits per heavy atom. The minimum Gasteiger partial charge on any atom is -0.507 e. The smallest absolute Gasteiger partial charge is 0.161 e. The summed E-state index contributed by atoms with van der Waals surface area (Å²) in [5, 5.41) is 13.8. The Labute approximate surface area is 135 Å². The molecule has 2 N–H and O–H groups in total. The summed E-state index contributed by atoms with van der Waals surface area (Å²) in [7, 11) is 4.85. The van der Waals surface area contributed by atoms with E-state index in [-0.39, 0.29) is 11.8 Å². The molecule has 2 aromatic carbocycles. The van der Waals surface area contributed by atoms with E-state index in [4.69, 9.17) is 14.2 Å². The van der Waals surface area contributed by atoms with Crippen LogP contribution in [0.3, 0.4) is 0 Å². The number of rotatable bonds is 4. The van der Waals surface area contributed by atoms with Crippen LogP contribution in [0.2, 0.25) is 0 Å². The average molecular weight is 315 g/mol. The fraction of sp³-hybridized carbons (Fsp3) is 0.333. The topological polar surface area (TPSA) is 60.0 Å². The third-order valence-corrected chi connectivity index (χ3v) is 4.25. The van der Waals surface area contributed by atoms with Gasteiger partial charge in [-0.1, -0.05) is 0 Å². The van der Waals surface area contributed by atoms with Crippen molar-refractivity contribution >= 4 is 0 Å². The second-order valence-electron chi connectivity index (χ2n) is 5.47. The van der Waals surface area contributed by atoms with E-state index in [0.29, 0.717) is 11.5 Å². The quantitative estimate of drug-likeness (QED) is 0.908. The van der Waals surface area contributed by atoms with Crippen molar-refractivity contribution in [2.45, 2.75) is 12.5 Å². The first-order valence-electron chi connectivity index (χ1n) is 7.53. The normalized spacial score (nSPS) is 16.6. The van der Waals surface area contributed by atoms with Crippen LogP contribution in [0.15, 0.2) is 30.3 Å². The average Bonchev–Trinajstić information content (AvgIpc) is 2.59. The van der Waals surface area contributed by atoms with Crippen molar-refractivity contribution in [3.63, 3.8) is 0 Å². The lowest BCUT2D eigenvalue weighted by molar-refractivity contribution is 0.352. The molecule has 0 radical (unpaired) electrons. The molecule has 0 saturated heterocycles. The van der Waals surface area contributed by atoms with E-state index in [9.17, 15) is 5.11 Å². The predicted octanol–water partition coefficient (Wildman–Crippen LogP) is 2.65. The molecule has 0 fully saturated rings. The van der Waals surface area contributed by atoms with Crippen molar-refractivity contribution in [2.75, 3.05) is 27.9 Å². The van der Waals surface area contributed by atoms with Gasteiger partial charge in [0.2, 0.25) is 0 Å². The van der Waals surface area contributed by atoms with Crippen molar-refractivity contribution in [3.05, 3.63) is 47.0 Å². The molecule has 1 atom stereocenters. The predicted molar refractivity (Wildman–Crippen MR) is 87.8 cm³/mol. The van der Waals surface area contributed by atoms with E-state index < -0.39 is 0 Å². The first kappa shape index (κ1) is 15.5. The first-order valence-corrected chi connectivity index (χ1v) is 7.53. The maximum Gasteiger partial charge on any atom is 0.161 e. The van der Waals surface area contributed by atoms with Crippen molar-refractivity contribution < 1.29 is 19.3 Å². The first-order chi connectivity index (χ1) is 11.2. The minimum absolute atomic E-state index is 0.0931. The molecular weight excluding hydrogens is 294 g/mol. The van der Waals surface area contributed by atoms with Crippen LogP contribution in [0, 0.1) is 0 Å². The Balaban J connectivity index is 2.07. The van der Waals surface area contributed by atoms with Crippen LogP contribution in [-0.4, -0.2) is 33.0 Å². The number of benzene rings is 2. The number of fused-ring (bicyclic) bond motifs is 1. The lowest BCUT2D eigenvalue weighted by Gasteiger charge is -2.29. The highest BCUT2D eigenvalue weighted by atomic mass is 16.5. The third kappa shape index (κ3) is 2.80. The number of phenols is 1. The molecule has 1 aliphatic heterocycles. The largest absolute Gasteiger partial charge is 0.507 e. The number of phenolic OH excluding ortho intramolecular Hbond substituents is 1. The summed E-state index contributed by atoms with van der Waals surface area (Å²) in [6.07, 6.45) is 0.906. The SMILES string of the molecule is COc1ccc(C2NCCc3cc(OC)c(OC)cc32)c(O)c1. The van der Waals surface area contributed by atoms with Crippen LogP contribution in [0.4, 0.5) is 0 Å². The van der Waals surface area contributed by atoms with Gasteiger partial charge in [-0.15, -0.1) is 0 Å². The maximum absolute atomic E-state index is 10.4. The molecule has 1 aliphatic rings. The summed E-state index contributed by atoms with van der Waals surface area (Å²) >= 11 is 0. The number of hydrogen-bond acceptors (Lipinski definition) is 5. The Kier molecular flexibility index (Phi) is 4.30. The van der Waals surface area contributed by atoms with E-state index in [2.05, 4.69) is 5.32 Å². The zero-order chi connectivity index (χ0) is 16.4. The lowest BCUT2D eigenvalue weighted by atomic mass is 9.89. The van der Waals surface area contributed by atoms with Gasteiger partial charge < -0.3 is 24.6 Å². The molecule has 0 saturated carbocycles. The van der Waals surface area contributed by atoms with Crippen molar-refractivity contribution in [1.29, 1.82) is 0 Å². The second-order valence-corrected chi connectivity index (χ2v) is 5.47. The lowest BCUT2D eigenvalue weighted by Crippen LogP contribution is -2.30. The number of hydrogen-bond donors (Lipinski definition) is 2. The van der Waals surface area contributed by atoms with Gasteiger partial charge in [-0.3, -0.25) is 0 Å². The molecule has 3 rings (SSSR count). The van der Waals surface area contributed by atoms with Gasteiger partial charge in [-0.2, -0.15) is 0 Å². The van der Waals surface area contributed by atoms with Crippen LogP contribution >= 0.6 is 0 Å². The van der Waals surface area contributed by atoms with E-state index in [0.717, 1.165) is 29.8 Å². The van der Waals surface area contributed by atoms with Crippen LogP contribution in [-0.2, 0) is 6.42 Å². The second kappa shape index (κ2) is 6.38. The van der Waals surface area contributed by atoms with Gasteiger partial charge >= 0.3 is 0 Å². The summed E-state index contributed by atoms with van der Waals surface area (Å²) < 4.78 is 16.0. The van der Waals surface area contributed by atoms with Crippen molar-refractivity contribution in [3.8, 4) is 23.0 Å². The van der Waals surface area contributed by atoms with Gasteiger partial charge in [0.25, 0.3) is 0 Å². The maximum atomic E-state index is 10.4. The molecule has 0 spiro atoms. The molecule has 0 bridgehead atoms. The molecule has 0 aliphatic carbocycles. The molecule has 23 heavy (non-hydrogen) atoms. The Bertz CT molecular complexity index is 714. The van der Waals surface area contributed by atoms with Crippen molar-refractivity contribution in [2.24, 2.45) is 0 Å². The van der Waals surface area contributed by atoms with E-state index in [1.807, 2.05) is 24.3 Å². The fourth-order valence-electron chi connectivity index (χ4n) is 3.06. The Morgan fingerprint density at radius 2 is 1.70 bits per heavy atom. The Hall–Kier alpha value is -2.40. The van der Waals surface area contributed by atoms with E-state index >= 15 is 0 Å². The van der Waals surface area contributed by atoms with Gasteiger partial charge in [0.1, 0.15) is 11.5 Å². The van der Waals surface area contributed by atoms with Gasteiger partial charge in [0.15, 0.2) is 11.5 Å². The number of aromatic hydroxyl groups is 1. The minimum atomic E-state index is -0.0931. The van der Waals surface area contributed by atoms with Gasteiger partial charge in [-0.05, 0) is 41.8 Å². The highest BCUT2D eigenvalue weighted by Gasteiger charge is 2.26. The summed E-state index contributed by atoms with van der Waals surface area (Å²) in [5.74, 6) is 2.26. The number of nitrogens with one attached hydrogen (secondary N) is 1. The molecule has 122 valence electrons. The molecule has 2 aromatic rings. The molecule has 0 amide bonds. The molecular formula is C18H21NO4. The summed E-state index contributed by atoms with van der Waals surface area (Å²) in [6.45, 7) is 0.832. The zero-order valence-corrected chi connectivity index (χ0v) is 13.6. The van der Waals surface area contributed by atoms with Crippen LogP contribution in [0.5, 0.6) is 23.0 Å². The third-order valence-electron chi connectivity index (χ3n) is 4.25. The fourth-order valence-corrected chi connectivity index (χ4v) is 3.06. The molecule has 1 unspecified atom stereocenters. The Morgan fingerprint density at radius 1 is 0.957 bits per heavy atom. The zero-order valence-electron chi connectivity index (χ0n) is 13.6. The summed E-state index contributed by atoms with van der Waals surface area (Å²) in [6, 6.07) is 9.27. The highest BCUT2D eigenvalue weighted by Crippen LogP contribution is 2.40. The summed E-state index contributed by atoms with van der Waals surface area (Å²) in [5.41, 5.74) is 3.11. The van der Waals surface area contributed by atoms with E-state index in [1.165, 1.54) is 5.56 Å². The molecule has 5 heteroatoms. The molecule has 5 nitrogen and oxygen atoms in total. The van der Waals surface area contributed by atoms with Crippen LogP contribution < -0.4 is 19.5 Å². The van der Waals surface area contributed by atoms with Crippen LogP contribution in [0.1, 0.15) is 22.7 Å². The van der Waals surface area contributed by atoms with Gasteiger partial charge in [-0.25, -0.2) is 0 Å². The summed E-state index contributed by atoms with van der Waals surface area (Å²) in [4.78, 5) is 0. The number of methoxy groups -OCH3 is 3.